The van der Waals surface area contributed by atoms with Crippen LogP contribution in [0.3, 0.4) is 0 Å². The minimum absolute atomic E-state index is 0.0426. The summed E-state index contributed by atoms with van der Waals surface area (Å²) >= 11 is 0. The van der Waals surface area contributed by atoms with Gasteiger partial charge in [0.15, 0.2) is 0 Å². The van der Waals surface area contributed by atoms with Crippen molar-refractivity contribution in [1.82, 2.24) is 14.9 Å². The lowest BCUT2D eigenvalue weighted by atomic mass is 10.2. The molecule has 2 aromatic rings. The van der Waals surface area contributed by atoms with E-state index in [9.17, 15) is 4.79 Å². The summed E-state index contributed by atoms with van der Waals surface area (Å²) in [5.74, 6) is 0.739. The molecule has 0 bridgehead atoms. The van der Waals surface area contributed by atoms with Crippen LogP contribution in [0.4, 0.5) is 5.82 Å². The average molecular weight is 293 g/mol. The van der Waals surface area contributed by atoms with Crippen molar-refractivity contribution in [2.75, 3.05) is 31.1 Å². The lowest BCUT2D eigenvalue weighted by Crippen LogP contribution is -2.49. The summed E-state index contributed by atoms with van der Waals surface area (Å²) in [6.45, 7) is 2.63. The molecule has 3 rings (SSSR count). The van der Waals surface area contributed by atoms with Crippen LogP contribution in [0.5, 0.6) is 0 Å². The molecule has 1 saturated heterocycles. The summed E-state index contributed by atoms with van der Waals surface area (Å²) in [6, 6.07) is 10.9. The zero-order valence-corrected chi connectivity index (χ0v) is 12.0. The molecule has 0 aromatic carbocycles. The topological polar surface area (TPSA) is 73.1 Å². The Balaban J connectivity index is 1.65. The highest BCUT2D eigenvalue weighted by Gasteiger charge is 2.23. The predicted molar refractivity (Wildman–Crippen MR) is 81.3 cm³/mol. The van der Waals surface area contributed by atoms with Gasteiger partial charge in [-0.2, -0.15) is 5.26 Å². The van der Waals surface area contributed by atoms with Gasteiger partial charge >= 0.3 is 0 Å². The van der Waals surface area contributed by atoms with Gasteiger partial charge in [-0.3, -0.25) is 9.78 Å². The van der Waals surface area contributed by atoms with Gasteiger partial charge in [0.05, 0.1) is 11.6 Å². The number of piperazine rings is 1. The van der Waals surface area contributed by atoms with E-state index < -0.39 is 0 Å². The molecule has 3 heterocycles. The Labute approximate surface area is 128 Å². The molecule has 0 unspecified atom stereocenters. The number of amides is 1. The minimum atomic E-state index is -0.0426. The van der Waals surface area contributed by atoms with Gasteiger partial charge in [-0.15, -0.1) is 0 Å². The number of rotatable bonds is 2. The summed E-state index contributed by atoms with van der Waals surface area (Å²) in [4.78, 5) is 24.6. The number of nitrogens with zero attached hydrogens (tertiary/aromatic N) is 5. The first-order valence-corrected chi connectivity index (χ1v) is 7.09. The van der Waals surface area contributed by atoms with Crippen LogP contribution in [0, 0.1) is 11.3 Å². The lowest BCUT2D eigenvalue weighted by molar-refractivity contribution is 0.0740. The van der Waals surface area contributed by atoms with E-state index in [0.29, 0.717) is 37.4 Å². The molecular formula is C16H15N5O. The van der Waals surface area contributed by atoms with Crippen molar-refractivity contribution < 1.29 is 4.79 Å². The molecular weight excluding hydrogens is 278 g/mol. The van der Waals surface area contributed by atoms with Gasteiger partial charge in [-0.1, -0.05) is 6.07 Å². The number of pyridine rings is 2. The molecule has 0 aliphatic carbocycles. The zero-order valence-electron chi connectivity index (χ0n) is 12.0. The fourth-order valence-electron chi connectivity index (χ4n) is 2.45. The van der Waals surface area contributed by atoms with E-state index >= 15 is 0 Å². The van der Waals surface area contributed by atoms with Gasteiger partial charge < -0.3 is 9.80 Å². The first kappa shape index (κ1) is 14.0. The summed E-state index contributed by atoms with van der Waals surface area (Å²) in [6.07, 6.45) is 3.26. The Morgan fingerprint density at radius 1 is 1.09 bits per heavy atom. The SMILES string of the molecule is N#Cc1ccnc(N2CCN(C(=O)c3ccccn3)CC2)c1. The van der Waals surface area contributed by atoms with Gasteiger partial charge in [-0.05, 0) is 24.3 Å². The van der Waals surface area contributed by atoms with Crippen LogP contribution in [0.25, 0.3) is 0 Å². The van der Waals surface area contributed by atoms with Crippen LogP contribution in [-0.2, 0) is 0 Å². The van der Waals surface area contributed by atoms with Crippen LogP contribution in [0.1, 0.15) is 16.1 Å². The highest BCUT2D eigenvalue weighted by Crippen LogP contribution is 2.15. The zero-order chi connectivity index (χ0) is 15.4. The molecule has 0 saturated carbocycles. The first-order chi connectivity index (χ1) is 10.8. The molecule has 0 spiro atoms. The second-order valence-corrected chi connectivity index (χ2v) is 5.01. The largest absolute Gasteiger partial charge is 0.353 e. The molecule has 1 aliphatic heterocycles. The summed E-state index contributed by atoms with van der Waals surface area (Å²) in [5.41, 5.74) is 1.07. The fraction of sp³-hybridized carbons (Fsp3) is 0.250. The maximum absolute atomic E-state index is 12.3. The monoisotopic (exact) mass is 293 g/mol. The van der Waals surface area contributed by atoms with E-state index in [1.165, 1.54) is 0 Å². The predicted octanol–water partition coefficient (Wildman–Crippen LogP) is 1.31. The number of hydrogen-bond donors (Lipinski definition) is 0. The van der Waals surface area contributed by atoms with E-state index in [4.69, 9.17) is 5.26 Å². The maximum atomic E-state index is 12.3. The van der Waals surface area contributed by atoms with E-state index in [1.54, 1.807) is 41.6 Å². The number of carbonyl (C=O) groups excluding carboxylic acids is 1. The van der Waals surface area contributed by atoms with Crippen LogP contribution in [0.15, 0.2) is 42.7 Å². The number of carbonyl (C=O) groups is 1. The standard InChI is InChI=1S/C16H15N5O/c17-12-13-4-6-19-15(11-13)20-7-9-21(10-8-20)16(22)14-3-1-2-5-18-14/h1-6,11H,7-10H2. The van der Waals surface area contributed by atoms with E-state index in [-0.39, 0.29) is 5.91 Å². The molecule has 6 heteroatoms. The average Bonchev–Trinajstić information content (AvgIpc) is 2.62. The Morgan fingerprint density at radius 2 is 1.91 bits per heavy atom. The van der Waals surface area contributed by atoms with Gasteiger partial charge in [-0.25, -0.2) is 4.98 Å². The van der Waals surface area contributed by atoms with Crippen molar-refractivity contribution in [2.24, 2.45) is 0 Å². The van der Waals surface area contributed by atoms with Crippen molar-refractivity contribution in [3.05, 3.63) is 54.0 Å². The van der Waals surface area contributed by atoms with Gasteiger partial charge in [0.2, 0.25) is 0 Å². The normalized spacial score (nSPS) is 14.5. The number of nitriles is 1. The molecule has 0 N–H and O–H groups in total. The molecule has 0 atom stereocenters. The quantitative estimate of drug-likeness (QED) is 0.834. The molecule has 1 amide bonds. The molecule has 110 valence electrons. The molecule has 1 fully saturated rings. The van der Waals surface area contributed by atoms with Crippen molar-refractivity contribution in [2.45, 2.75) is 0 Å². The molecule has 6 nitrogen and oxygen atoms in total. The molecule has 0 radical (unpaired) electrons. The van der Waals surface area contributed by atoms with Crippen molar-refractivity contribution in [3.63, 3.8) is 0 Å². The smallest absolute Gasteiger partial charge is 0.272 e. The highest BCUT2D eigenvalue weighted by atomic mass is 16.2. The minimum Gasteiger partial charge on any atom is -0.353 e. The highest BCUT2D eigenvalue weighted by molar-refractivity contribution is 5.92. The third-order valence-corrected chi connectivity index (χ3v) is 3.65. The summed E-state index contributed by atoms with van der Waals surface area (Å²) < 4.78 is 0. The van der Waals surface area contributed by atoms with Gasteiger partial charge in [0.25, 0.3) is 5.91 Å². The van der Waals surface area contributed by atoms with E-state index in [1.807, 2.05) is 6.07 Å². The molecule has 22 heavy (non-hydrogen) atoms. The molecule has 1 aliphatic rings. The van der Waals surface area contributed by atoms with E-state index in [2.05, 4.69) is 20.9 Å². The van der Waals surface area contributed by atoms with Crippen molar-refractivity contribution in [1.29, 1.82) is 5.26 Å². The summed E-state index contributed by atoms with van der Waals surface area (Å²) in [7, 11) is 0. The Morgan fingerprint density at radius 3 is 2.59 bits per heavy atom. The third-order valence-electron chi connectivity index (χ3n) is 3.65. The maximum Gasteiger partial charge on any atom is 0.272 e. The van der Waals surface area contributed by atoms with Crippen LogP contribution >= 0.6 is 0 Å². The Bertz CT molecular complexity index is 702. The first-order valence-electron chi connectivity index (χ1n) is 7.09. The van der Waals surface area contributed by atoms with Gasteiger partial charge in [0, 0.05) is 38.6 Å². The summed E-state index contributed by atoms with van der Waals surface area (Å²) in [5, 5.41) is 8.95. The number of anilines is 1. The van der Waals surface area contributed by atoms with Crippen LogP contribution in [0.2, 0.25) is 0 Å². The number of hydrogen-bond acceptors (Lipinski definition) is 5. The fourth-order valence-corrected chi connectivity index (χ4v) is 2.45. The van der Waals surface area contributed by atoms with Gasteiger partial charge in [0.1, 0.15) is 11.5 Å². The third kappa shape index (κ3) is 2.88. The lowest BCUT2D eigenvalue weighted by Gasteiger charge is -2.35. The number of aromatic nitrogens is 2. The second-order valence-electron chi connectivity index (χ2n) is 5.01. The van der Waals surface area contributed by atoms with Crippen LogP contribution in [-0.4, -0.2) is 47.0 Å². The van der Waals surface area contributed by atoms with Crippen molar-refractivity contribution >= 4 is 11.7 Å². The Kier molecular flexibility index (Phi) is 3.97. The molecule has 2 aromatic heterocycles. The second kappa shape index (κ2) is 6.22. The Hall–Kier alpha value is -2.94. The van der Waals surface area contributed by atoms with Crippen LogP contribution < -0.4 is 4.90 Å². The van der Waals surface area contributed by atoms with E-state index in [0.717, 1.165) is 5.82 Å². The van der Waals surface area contributed by atoms with Crippen molar-refractivity contribution in [3.8, 4) is 6.07 Å².